The lowest BCUT2D eigenvalue weighted by Gasteiger charge is -2.34. The van der Waals surface area contributed by atoms with E-state index >= 15 is 0 Å². The van der Waals surface area contributed by atoms with Gasteiger partial charge in [-0.15, -0.1) is 0 Å². The second kappa shape index (κ2) is 4.32. The number of hydrogen-bond donors (Lipinski definition) is 0. The van der Waals surface area contributed by atoms with E-state index in [9.17, 15) is 0 Å². The molecular formula is C13H13BrN2O. The quantitative estimate of drug-likeness (QED) is 0.798. The third kappa shape index (κ3) is 2.18. The van der Waals surface area contributed by atoms with Crippen molar-refractivity contribution in [3.63, 3.8) is 0 Å². The first-order chi connectivity index (χ1) is 8.24. The van der Waals surface area contributed by atoms with E-state index in [-0.39, 0.29) is 0 Å². The first-order valence-corrected chi connectivity index (χ1v) is 6.65. The minimum Gasteiger partial charge on any atom is -0.371 e. The Morgan fingerprint density at radius 2 is 1.94 bits per heavy atom. The summed E-state index contributed by atoms with van der Waals surface area (Å²) in [5.41, 5.74) is 1.82. The van der Waals surface area contributed by atoms with Crippen LogP contribution in [0.25, 0.3) is 0 Å². The van der Waals surface area contributed by atoms with Crippen molar-refractivity contribution in [3.8, 4) is 6.07 Å². The van der Waals surface area contributed by atoms with E-state index in [1.807, 2.05) is 12.1 Å². The Balaban J connectivity index is 1.89. The molecule has 0 aromatic heterocycles. The zero-order chi connectivity index (χ0) is 11.8. The van der Waals surface area contributed by atoms with Crippen LogP contribution in [0.5, 0.6) is 0 Å². The number of ether oxygens (including phenoxy) is 1. The fraction of sp³-hybridized carbons (Fsp3) is 0.462. The third-order valence-electron chi connectivity index (χ3n) is 3.42. The fourth-order valence-corrected chi connectivity index (χ4v) is 3.13. The molecule has 2 heterocycles. The van der Waals surface area contributed by atoms with Gasteiger partial charge < -0.3 is 9.64 Å². The van der Waals surface area contributed by atoms with E-state index in [2.05, 4.69) is 33.0 Å². The zero-order valence-electron chi connectivity index (χ0n) is 9.40. The molecule has 2 unspecified atom stereocenters. The van der Waals surface area contributed by atoms with Crippen LogP contribution in [0.4, 0.5) is 5.69 Å². The summed E-state index contributed by atoms with van der Waals surface area (Å²) in [5, 5.41) is 8.99. The molecule has 0 saturated carbocycles. The Bertz CT molecular complexity index is 471. The molecule has 2 bridgehead atoms. The molecule has 0 N–H and O–H groups in total. The smallest absolute Gasteiger partial charge is 0.0992 e. The molecular weight excluding hydrogens is 280 g/mol. The lowest BCUT2D eigenvalue weighted by molar-refractivity contribution is 0.0305. The fourth-order valence-electron chi connectivity index (χ4n) is 2.65. The van der Waals surface area contributed by atoms with E-state index in [1.165, 1.54) is 12.8 Å². The molecule has 2 aliphatic rings. The van der Waals surface area contributed by atoms with Crippen LogP contribution in [-0.2, 0) is 4.74 Å². The predicted octanol–water partition coefficient (Wildman–Crippen LogP) is 2.69. The molecule has 4 heteroatoms. The van der Waals surface area contributed by atoms with E-state index in [4.69, 9.17) is 10.00 Å². The van der Waals surface area contributed by atoms with Crippen molar-refractivity contribution in [2.75, 3.05) is 18.0 Å². The summed E-state index contributed by atoms with van der Waals surface area (Å²) in [6, 6.07) is 8.07. The van der Waals surface area contributed by atoms with Gasteiger partial charge in [0.15, 0.2) is 0 Å². The maximum absolute atomic E-state index is 8.99. The highest BCUT2D eigenvalue weighted by Gasteiger charge is 2.33. The number of halogens is 1. The molecule has 1 aromatic carbocycles. The molecule has 3 nitrogen and oxygen atoms in total. The summed E-state index contributed by atoms with van der Waals surface area (Å²) in [6.45, 7) is 1.88. The highest BCUT2D eigenvalue weighted by atomic mass is 79.9. The van der Waals surface area contributed by atoms with Crippen molar-refractivity contribution in [2.45, 2.75) is 25.0 Å². The van der Waals surface area contributed by atoms with Crippen LogP contribution in [-0.4, -0.2) is 25.3 Å². The van der Waals surface area contributed by atoms with Gasteiger partial charge >= 0.3 is 0 Å². The van der Waals surface area contributed by atoms with Crippen molar-refractivity contribution in [2.24, 2.45) is 0 Å². The summed E-state index contributed by atoms with van der Waals surface area (Å²) in [4.78, 5) is 2.33. The molecule has 0 amide bonds. The van der Waals surface area contributed by atoms with Crippen molar-refractivity contribution in [1.29, 1.82) is 5.26 Å². The van der Waals surface area contributed by atoms with Gasteiger partial charge in [0, 0.05) is 23.2 Å². The van der Waals surface area contributed by atoms with Crippen LogP contribution in [0.15, 0.2) is 22.7 Å². The average molecular weight is 293 g/mol. The van der Waals surface area contributed by atoms with Gasteiger partial charge in [0.05, 0.1) is 23.8 Å². The van der Waals surface area contributed by atoms with E-state index < -0.39 is 0 Å². The predicted molar refractivity (Wildman–Crippen MR) is 69.0 cm³/mol. The molecule has 2 atom stereocenters. The highest BCUT2D eigenvalue weighted by Crippen LogP contribution is 2.31. The topological polar surface area (TPSA) is 36.3 Å². The Labute approximate surface area is 109 Å². The van der Waals surface area contributed by atoms with Crippen molar-refractivity contribution in [3.05, 3.63) is 28.2 Å². The maximum atomic E-state index is 8.99. The highest BCUT2D eigenvalue weighted by molar-refractivity contribution is 9.10. The Kier molecular flexibility index (Phi) is 2.81. The van der Waals surface area contributed by atoms with E-state index in [0.29, 0.717) is 17.8 Å². The number of morpholine rings is 1. The van der Waals surface area contributed by atoms with Crippen LogP contribution >= 0.6 is 15.9 Å². The van der Waals surface area contributed by atoms with Gasteiger partial charge in [0.25, 0.3) is 0 Å². The van der Waals surface area contributed by atoms with Gasteiger partial charge in [0.1, 0.15) is 0 Å². The van der Waals surface area contributed by atoms with Crippen LogP contribution in [0.2, 0.25) is 0 Å². The second-order valence-corrected chi connectivity index (χ2v) is 5.59. The Morgan fingerprint density at radius 3 is 2.59 bits per heavy atom. The van der Waals surface area contributed by atoms with Gasteiger partial charge in [-0.25, -0.2) is 0 Å². The summed E-state index contributed by atoms with van der Waals surface area (Å²) in [5.74, 6) is 0. The molecule has 88 valence electrons. The summed E-state index contributed by atoms with van der Waals surface area (Å²) in [7, 11) is 0. The van der Waals surface area contributed by atoms with Crippen LogP contribution in [0, 0.1) is 11.3 Å². The third-order valence-corrected chi connectivity index (χ3v) is 3.88. The first kappa shape index (κ1) is 11.1. The number of rotatable bonds is 1. The van der Waals surface area contributed by atoms with Crippen molar-refractivity contribution < 1.29 is 4.74 Å². The van der Waals surface area contributed by atoms with Crippen molar-refractivity contribution in [1.82, 2.24) is 0 Å². The number of hydrogen-bond acceptors (Lipinski definition) is 3. The standard InChI is InChI=1S/C13H13BrN2O/c14-10-3-9(6-15)4-11(5-10)16-7-12-1-2-13(8-16)17-12/h3-5,12-13H,1-2,7-8H2. The molecule has 0 aliphatic carbocycles. The lowest BCUT2D eigenvalue weighted by atomic mass is 10.2. The number of fused-ring (bicyclic) bond motifs is 2. The zero-order valence-corrected chi connectivity index (χ0v) is 11.0. The summed E-state index contributed by atoms with van der Waals surface area (Å²) >= 11 is 3.46. The van der Waals surface area contributed by atoms with Crippen LogP contribution < -0.4 is 4.90 Å². The summed E-state index contributed by atoms with van der Waals surface area (Å²) < 4.78 is 6.78. The minimum absolute atomic E-state index is 0.373. The average Bonchev–Trinajstić information content (AvgIpc) is 2.67. The normalized spacial score (nSPS) is 26.9. The van der Waals surface area contributed by atoms with Gasteiger partial charge in [-0.3, -0.25) is 0 Å². The monoisotopic (exact) mass is 292 g/mol. The van der Waals surface area contributed by atoms with Gasteiger partial charge in [0.2, 0.25) is 0 Å². The molecule has 2 aliphatic heterocycles. The largest absolute Gasteiger partial charge is 0.371 e. The SMILES string of the molecule is N#Cc1cc(Br)cc(N2CC3CCC(C2)O3)c1. The molecule has 2 fully saturated rings. The second-order valence-electron chi connectivity index (χ2n) is 4.67. The Hall–Kier alpha value is -1.05. The first-order valence-electron chi connectivity index (χ1n) is 5.86. The van der Waals surface area contributed by atoms with Gasteiger partial charge in [-0.2, -0.15) is 5.26 Å². The lowest BCUT2D eigenvalue weighted by Crippen LogP contribution is -2.42. The van der Waals surface area contributed by atoms with Crippen molar-refractivity contribution >= 4 is 21.6 Å². The minimum atomic E-state index is 0.373. The van der Waals surface area contributed by atoms with Crippen LogP contribution in [0.1, 0.15) is 18.4 Å². The van der Waals surface area contributed by atoms with E-state index in [1.54, 1.807) is 0 Å². The molecule has 17 heavy (non-hydrogen) atoms. The molecule has 2 saturated heterocycles. The molecule has 1 aromatic rings. The van der Waals surface area contributed by atoms with Gasteiger partial charge in [-0.1, -0.05) is 15.9 Å². The van der Waals surface area contributed by atoms with Crippen LogP contribution in [0.3, 0.4) is 0 Å². The maximum Gasteiger partial charge on any atom is 0.0992 e. The number of nitriles is 1. The van der Waals surface area contributed by atoms with E-state index in [0.717, 1.165) is 23.2 Å². The van der Waals surface area contributed by atoms with Gasteiger partial charge in [-0.05, 0) is 31.0 Å². The molecule has 0 spiro atoms. The molecule has 0 radical (unpaired) electrons. The summed E-state index contributed by atoms with van der Waals surface area (Å²) in [6.07, 6.45) is 3.08. The number of anilines is 1. The number of benzene rings is 1. The number of nitrogens with zero attached hydrogens (tertiary/aromatic N) is 2. The molecule has 3 rings (SSSR count). The Morgan fingerprint density at radius 1 is 1.24 bits per heavy atom.